The molecule has 23 heavy (non-hydrogen) atoms. The molecule has 2 aliphatic carbocycles. The summed E-state index contributed by atoms with van der Waals surface area (Å²) in [6.07, 6.45) is 5.61. The number of benzene rings is 2. The zero-order valence-corrected chi connectivity index (χ0v) is 12.8. The smallest absolute Gasteiger partial charge is 0.311 e. The van der Waals surface area contributed by atoms with Crippen LogP contribution < -0.4 is 0 Å². The summed E-state index contributed by atoms with van der Waals surface area (Å²) in [7, 11) is 0. The zero-order valence-electron chi connectivity index (χ0n) is 12.8. The fourth-order valence-electron chi connectivity index (χ4n) is 5.03. The first-order chi connectivity index (χ1) is 11.3. The first-order valence-electron chi connectivity index (χ1n) is 8.33. The molecule has 1 saturated carbocycles. The van der Waals surface area contributed by atoms with Crippen LogP contribution in [-0.2, 0) is 15.1 Å². The molecule has 0 spiro atoms. The van der Waals surface area contributed by atoms with Crippen LogP contribution in [0.5, 0.6) is 0 Å². The second-order valence-electron chi connectivity index (χ2n) is 6.89. The number of cyclic esters (lactones) is 1. The lowest BCUT2D eigenvalue weighted by atomic mass is 9.68. The van der Waals surface area contributed by atoms with Crippen LogP contribution in [0.3, 0.4) is 0 Å². The SMILES string of the molecule is O=C1OC(c2ccccc2)(c2ccccc2)[C@@H]2[C@H]1[C@H]1C=C[C@@H]2C1. The van der Waals surface area contributed by atoms with Crippen molar-refractivity contribution in [2.75, 3.05) is 0 Å². The summed E-state index contributed by atoms with van der Waals surface area (Å²) < 4.78 is 6.19. The molecule has 5 rings (SSSR count). The van der Waals surface area contributed by atoms with Crippen molar-refractivity contribution < 1.29 is 9.53 Å². The molecule has 2 nitrogen and oxygen atoms in total. The third-order valence-electron chi connectivity index (χ3n) is 5.87. The fourth-order valence-corrected chi connectivity index (χ4v) is 5.03. The van der Waals surface area contributed by atoms with Crippen molar-refractivity contribution in [2.45, 2.75) is 12.0 Å². The highest BCUT2D eigenvalue weighted by molar-refractivity contribution is 5.79. The van der Waals surface area contributed by atoms with Gasteiger partial charge in [0.05, 0.1) is 5.92 Å². The molecule has 0 N–H and O–H groups in total. The Labute approximate surface area is 135 Å². The van der Waals surface area contributed by atoms with Gasteiger partial charge in [0.1, 0.15) is 0 Å². The topological polar surface area (TPSA) is 26.3 Å². The molecule has 2 bridgehead atoms. The molecule has 0 aromatic heterocycles. The molecule has 2 heteroatoms. The first-order valence-corrected chi connectivity index (χ1v) is 8.33. The maximum atomic E-state index is 12.8. The Bertz CT molecular complexity index is 739. The van der Waals surface area contributed by atoms with Crippen molar-refractivity contribution in [1.82, 2.24) is 0 Å². The summed E-state index contributed by atoms with van der Waals surface area (Å²) >= 11 is 0. The lowest BCUT2D eigenvalue weighted by molar-refractivity contribution is -0.150. The van der Waals surface area contributed by atoms with E-state index in [0.717, 1.165) is 17.5 Å². The van der Waals surface area contributed by atoms with E-state index < -0.39 is 5.60 Å². The lowest BCUT2D eigenvalue weighted by Crippen LogP contribution is -2.37. The monoisotopic (exact) mass is 302 g/mol. The van der Waals surface area contributed by atoms with Crippen molar-refractivity contribution in [2.24, 2.45) is 23.7 Å². The normalized spacial score (nSPS) is 32.8. The highest BCUT2D eigenvalue weighted by atomic mass is 16.6. The molecule has 2 fully saturated rings. The van der Waals surface area contributed by atoms with Crippen molar-refractivity contribution >= 4 is 5.97 Å². The molecule has 3 aliphatic rings. The Balaban J connectivity index is 1.77. The van der Waals surface area contributed by atoms with Crippen molar-refractivity contribution in [3.05, 3.63) is 83.9 Å². The number of hydrogen-bond acceptors (Lipinski definition) is 2. The number of hydrogen-bond donors (Lipinski definition) is 0. The van der Waals surface area contributed by atoms with Crippen LogP contribution >= 0.6 is 0 Å². The summed E-state index contributed by atoms with van der Waals surface area (Å²) in [4.78, 5) is 12.8. The van der Waals surface area contributed by atoms with Crippen molar-refractivity contribution in [3.8, 4) is 0 Å². The summed E-state index contributed by atoms with van der Waals surface area (Å²) in [6, 6.07) is 20.5. The summed E-state index contributed by atoms with van der Waals surface area (Å²) in [5.41, 5.74) is 1.54. The molecule has 2 aromatic rings. The number of rotatable bonds is 2. The quantitative estimate of drug-likeness (QED) is 0.621. The van der Waals surface area contributed by atoms with Gasteiger partial charge in [0.25, 0.3) is 0 Å². The maximum Gasteiger partial charge on any atom is 0.311 e. The maximum absolute atomic E-state index is 12.8. The van der Waals surface area contributed by atoms with Gasteiger partial charge in [-0.2, -0.15) is 0 Å². The van der Waals surface area contributed by atoms with Crippen molar-refractivity contribution in [3.63, 3.8) is 0 Å². The highest BCUT2D eigenvalue weighted by Gasteiger charge is 2.65. The third kappa shape index (κ3) is 1.61. The number of esters is 1. The Morgan fingerprint density at radius 1 is 0.826 bits per heavy atom. The third-order valence-corrected chi connectivity index (χ3v) is 5.87. The number of carbonyl (C=O) groups excluding carboxylic acids is 1. The van der Waals surface area contributed by atoms with E-state index in [2.05, 4.69) is 36.4 Å². The molecule has 2 aromatic carbocycles. The summed E-state index contributed by atoms with van der Waals surface area (Å²) in [5.74, 6) is 0.962. The number of allylic oxidation sites excluding steroid dienone is 2. The van der Waals surface area contributed by atoms with Crippen LogP contribution in [0.4, 0.5) is 0 Å². The van der Waals surface area contributed by atoms with E-state index in [9.17, 15) is 4.79 Å². The number of ether oxygens (including phenoxy) is 1. The Kier molecular flexibility index (Phi) is 2.61. The van der Waals surface area contributed by atoms with Crippen LogP contribution in [0.2, 0.25) is 0 Å². The molecule has 0 amide bonds. The second kappa shape index (κ2) is 4.58. The van der Waals surface area contributed by atoms with Crippen LogP contribution in [0.15, 0.2) is 72.8 Å². The Morgan fingerprint density at radius 3 is 2.00 bits per heavy atom. The molecule has 114 valence electrons. The average Bonchev–Trinajstić information content (AvgIpc) is 3.29. The van der Waals surface area contributed by atoms with Gasteiger partial charge in [0, 0.05) is 17.0 Å². The van der Waals surface area contributed by atoms with E-state index >= 15 is 0 Å². The molecule has 4 atom stereocenters. The number of carbonyl (C=O) groups is 1. The zero-order chi connectivity index (χ0) is 15.4. The minimum Gasteiger partial charge on any atom is -0.449 e. The van der Waals surface area contributed by atoms with Gasteiger partial charge >= 0.3 is 5.97 Å². The van der Waals surface area contributed by atoms with Gasteiger partial charge in [-0.15, -0.1) is 0 Å². The van der Waals surface area contributed by atoms with Gasteiger partial charge < -0.3 is 4.74 Å². The number of fused-ring (bicyclic) bond motifs is 5. The molecule has 0 radical (unpaired) electrons. The van der Waals surface area contributed by atoms with E-state index in [1.165, 1.54) is 0 Å². The van der Waals surface area contributed by atoms with Gasteiger partial charge in [-0.25, -0.2) is 0 Å². The second-order valence-corrected chi connectivity index (χ2v) is 6.89. The van der Waals surface area contributed by atoms with Crippen LogP contribution in [0.25, 0.3) is 0 Å². The minimum atomic E-state index is -0.644. The standard InChI is InChI=1S/C21H18O2/c22-20-18-14-11-12-15(13-14)19(18)21(23-20,16-7-3-1-4-8-16)17-9-5-2-6-10-17/h1-12,14-15,18-19H,13H2/t14-,15+,18+,19-/m0/s1. The fraction of sp³-hybridized carbons (Fsp3) is 0.286. The Hall–Kier alpha value is -2.35. The predicted molar refractivity (Wildman–Crippen MR) is 87.5 cm³/mol. The van der Waals surface area contributed by atoms with E-state index in [-0.39, 0.29) is 17.8 Å². The highest BCUT2D eigenvalue weighted by Crippen LogP contribution is 2.62. The van der Waals surface area contributed by atoms with Crippen LogP contribution in [-0.4, -0.2) is 5.97 Å². The van der Waals surface area contributed by atoms with Gasteiger partial charge in [-0.3, -0.25) is 4.79 Å². The molecule has 0 unspecified atom stereocenters. The molecule has 1 saturated heterocycles. The van der Waals surface area contributed by atoms with E-state index in [1.807, 2.05) is 36.4 Å². The molecule has 1 heterocycles. The van der Waals surface area contributed by atoms with E-state index in [0.29, 0.717) is 11.8 Å². The van der Waals surface area contributed by atoms with Gasteiger partial charge in [0.15, 0.2) is 5.60 Å². The van der Waals surface area contributed by atoms with Crippen LogP contribution in [0.1, 0.15) is 17.5 Å². The van der Waals surface area contributed by atoms with E-state index in [1.54, 1.807) is 0 Å². The predicted octanol–water partition coefficient (Wildman–Crippen LogP) is 3.93. The van der Waals surface area contributed by atoms with E-state index in [4.69, 9.17) is 4.74 Å². The van der Waals surface area contributed by atoms with Gasteiger partial charge in [-0.05, 0) is 18.3 Å². The largest absolute Gasteiger partial charge is 0.449 e. The van der Waals surface area contributed by atoms with Gasteiger partial charge in [0.2, 0.25) is 0 Å². The summed E-state index contributed by atoms with van der Waals surface area (Å²) in [6.45, 7) is 0. The summed E-state index contributed by atoms with van der Waals surface area (Å²) in [5, 5.41) is 0. The first kappa shape index (κ1) is 13.1. The lowest BCUT2D eigenvalue weighted by Gasteiger charge is -2.37. The molecular weight excluding hydrogens is 284 g/mol. The van der Waals surface area contributed by atoms with Crippen LogP contribution in [0, 0.1) is 23.7 Å². The molecule has 1 aliphatic heterocycles. The average molecular weight is 302 g/mol. The Morgan fingerprint density at radius 2 is 1.39 bits per heavy atom. The minimum absolute atomic E-state index is 0.00501. The van der Waals surface area contributed by atoms with Gasteiger partial charge in [-0.1, -0.05) is 72.8 Å². The van der Waals surface area contributed by atoms with Crippen molar-refractivity contribution in [1.29, 1.82) is 0 Å². The molecular formula is C21H18O2.